The standard InChI is InChI=1S/C12H13ClN2O2S2/c1-7-4-5-8(2)10(6-7)15-19(16,17)11-9(3)14-12(13)18-11/h4-6,15H,1-3H3. The Balaban J connectivity index is 2.42. The number of benzene rings is 1. The zero-order chi connectivity index (χ0) is 14.2. The van der Waals surface area contributed by atoms with Crippen LogP contribution in [0.25, 0.3) is 0 Å². The van der Waals surface area contributed by atoms with E-state index >= 15 is 0 Å². The molecule has 7 heteroatoms. The normalized spacial score (nSPS) is 11.6. The first-order valence-electron chi connectivity index (χ1n) is 5.52. The molecule has 1 heterocycles. The lowest BCUT2D eigenvalue weighted by Crippen LogP contribution is -2.13. The lowest BCUT2D eigenvalue weighted by atomic mass is 10.1. The maximum absolute atomic E-state index is 12.3. The molecule has 0 fully saturated rings. The molecule has 1 aromatic carbocycles. The zero-order valence-corrected chi connectivity index (χ0v) is 13.1. The SMILES string of the molecule is Cc1ccc(C)c(NS(=O)(=O)c2sc(Cl)nc2C)c1. The summed E-state index contributed by atoms with van der Waals surface area (Å²) in [5.74, 6) is 0. The van der Waals surface area contributed by atoms with E-state index in [9.17, 15) is 8.42 Å². The van der Waals surface area contributed by atoms with Gasteiger partial charge in [-0.2, -0.15) is 0 Å². The van der Waals surface area contributed by atoms with Crippen molar-refractivity contribution in [1.29, 1.82) is 0 Å². The molecule has 0 saturated heterocycles. The molecule has 1 aromatic heterocycles. The average Bonchev–Trinajstić information content (AvgIpc) is 2.63. The summed E-state index contributed by atoms with van der Waals surface area (Å²) in [5, 5.41) is 0. The fourth-order valence-electron chi connectivity index (χ4n) is 1.64. The molecular weight excluding hydrogens is 304 g/mol. The minimum absolute atomic E-state index is 0.151. The molecule has 2 rings (SSSR count). The summed E-state index contributed by atoms with van der Waals surface area (Å²) in [5.41, 5.74) is 2.83. The third-order valence-corrected chi connectivity index (χ3v) is 5.85. The second kappa shape index (κ2) is 5.11. The molecule has 1 N–H and O–H groups in total. The monoisotopic (exact) mass is 316 g/mol. The molecule has 0 aliphatic carbocycles. The quantitative estimate of drug-likeness (QED) is 0.942. The number of halogens is 1. The minimum Gasteiger partial charge on any atom is -0.279 e. The van der Waals surface area contributed by atoms with E-state index in [1.807, 2.05) is 26.0 Å². The van der Waals surface area contributed by atoms with Gasteiger partial charge in [-0.15, -0.1) is 0 Å². The summed E-state index contributed by atoms with van der Waals surface area (Å²) in [7, 11) is -3.64. The van der Waals surface area contributed by atoms with Crippen LogP contribution < -0.4 is 4.72 Å². The Morgan fingerprint density at radius 3 is 2.53 bits per heavy atom. The number of thiazole rings is 1. The van der Waals surface area contributed by atoms with Crippen molar-refractivity contribution in [2.24, 2.45) is 0 Å². The van der Waals surface area contributed by atoms with Crippen LogP contribution in [0.1, 0.15) is 16.8 Å². The minimum atomic E-state index is -3.64. The Morgan fingerprint density at radius 2 is 1.95 bits per heavy atom. The Kier molecular flexibility index (Phi) is 3.85. The number of hydrogen-bond donors (Lipinski definition) is 1. The van der Waals surface area contributed by atoms with Crippen molar-refractivity contribution >= 4 is 38.6 Å². The number of anilines is 1. The van der Waals surface area contributed by atoms with Crippen LogP contribution in [0.15, 0.2) is 22.4 Å². The van der Waals surface area contributed by atoms with Crippen molar-refractivity contribution in [3.8, 4) is 0 Å². The Hall–Kier alpha value is -1.11. The highest BCUT2D eigenvalue weighted by molar-refractivity contribution is 7.94. The molecule has 0 unspecified atom stereocenters. The van der Waals surface area contributed by atoms with Gasteiger partial charge in [0.25, 0.3) is 10.0 Å². The van der Waals surface area contributed by atoms with E-state index in [0.717, 1.165) is 22.5 Å². The van der Waals surface area contributed by atoms with E-state index in [-0.39, 0.29) is 8.68 Å². The summed E-state index contributed by atoms with van der Waals surface area (Å²) in [6, 6.07) is 5.60. The summed E-state index contributed by atoms with van der Waals surface area (Å²) < 4.78 is 27.6. The van der Waals surface area contributed by atoms with Crippen molar-refractivity contribution in [1.82, 2.24) is 4.98 Å². The predicted octanol–water partition coefficient (Wildman–Crippen LogP) is 3.52. The second-order valence-electron chi connectivity index (χ2n) is 4.26. The summed E-state index contributed by atoms with van der Waals surface area (Å²) in [6.45, 7) is 5.38. The molecule has 2 aromatic rings. The van der Waals surface area contributed by atoms with Gasteiger partial charge in [-0.05, 0) is 38.0 Å². The van der Waals surface area contributed by atoms with Gasteiger partial charge in [-0.25, -0.2) is 13.4 Å². The zero-order valence-electron chi connectivity index (χ0n) is 10.7. The first-order valence-corrected chi connectivity index (χ1v) is 8.20. The van der Waals surface area contributed by atoms with E-state index in [2.05, 4.69) is 9.71 Å². The Morgan fingerprint density at radius 1 is 1.26 bits per heavy atom. The molecule has 0 bridgehead atoms. The summed E-state index contributed by atoms with van der Waals surface area (Å²) in [6.07, 6.45) is 0. The van der Waals surface area contributed by atoms with Crippen LogP contribution >= 0.6 is 22.9 Å². The highest BCUT2D eigenvalue weighted by Gasteiger charge is 2.22. The van der Waals surface area contributed by atoms with Crippen LogP contribution in [0.4, 0.5) is 5.69 Å². The lowest BCUT2D eigenvalue weighted by molar-refractivity contribution is 0.602. The molecule has 0 amide bonds. The van der Waals surface area contributed by atoms with Gasteiger partial charge < -0.3 is 0 Å². The molecule has 0 spiro atoms. The molecular formula is C12H13ClN2O2S2. The maximum atomic E-state index is 12.3. The van der Waals surface area contributed by atoms with Gasteiger partial charge in [0, 0.05) is 0 Å². The van der Waals surface area contributed by atoms with E-state index in [1.54, 1.807) is 13.0 Å². The van der Waals surface area contributed by atoms with E-state index < -0.39 is 10.0 Å². The molecule has 0 atom stereocenters. The number of nitrogens with one attached hydrogen (secondary N) is 1. The van der Waals surface area contributed by atoms with Gasteiger partial charge in [0.2, 0.25) is 0 Å². The number of nitrogens with zero attached hydrogens (tertiary/aromatic N) is 1. The molecule has 0 radical (unpaired) electrons. The van der Waals surface area contributed by atoms with Crippen molar-refractivity contribution in [3.63, 3.8) is 0 Å². The third-order valence-electron chi connectivity index (χ3n) is 2.61. The van der Waals surface area contributed by atoms with E-state index in [1.165, 1.54) is 0 Å². The highest BCUT2D eigenvalue weighted by Crippen LogP contribution is 2.29. The van der Waals surface area contributed by atoms with Gasteiger partial charge in [-0.1, -0.05) is 35.1 Å². The van der Waals surface area contributed by atoms with E-state index in [0.29, 0.717) is 11.4 Å². The van der Waals surface area contributed by atoms with Crippen molar-refractivity contribution in [2.45, 2.75) is 25.0 Å². The van der Waals surface area contributed by atoms with Gasteiger partial charge in [0.15, 0.2) is 8.68 Å². The lowest BCUT2D eigenvalue weighted by Gasteiger charge is -2.10. The summed E-state index contributed by atoms with van der Waals surface area (Å²) in [4.78, 5) is 3.92. The van der Waals surface area contributed by atoms with E-state index in [4.69, 9.17) is 11.6 Å². The topological polar surface area (TPSA) is 59.1 Å². The second-order valence-corrected chi connectivity index (χ2v) is 7.72. The third kappa shape index (κ3) is 3.08. The van der Waals surface area contributed by atoms with Gasteiger partial charge >= 0.3 is 0 Å². The molecule has 0 aliphatic rings. The molecule has 0 saturated carbocycles. The largest absolute Gasteiger partial charge is 0.279 e. The number of hydrogen-bond acceptors (Lipinski definition) is 4. The summed E-state index contributed by atoms with van der Waals surface area (Å²) >= 11 is 6.70. The van der Waals surface area contributed by atoms with Crippen LogP contribution in [-0.4, -0.2) is 13.4 Å². The van der Waals surface area contributed by atoms with Crippen LogP contribution in [-0.2, 0) is 10.0 Å². The van der Waals surface area contributed by atoms with Gasteiger partial charge in [0.05, 0.1) is 11.4 Å². The van der Waals surface area contributed by atoms with Crippen LogP contribution in [0.5, 0.6) is 0 Å². The smallest absolute Gasteiger partial charge is 0.273 e. The Labute approximate surface area is 121 Å². The fourth-order valence-corrected chi connectivity index (χ4v) is 4.50. The highest BCUT2D eigenvalue weighted by atomic mass is 35.5. The molecule has 19 heavy (non-hydrogen) atoms. The van der Waals surface area contributed by atoms with Crippen molar-refractivity contribution < 1.29 is 8.42 Å². The van der Waals surface area contributed by atoms with Crippen LogP contribution in [0.3, 0.4) is 0 Å². The molecule has 102 valence electrons. The van der Waals surface area contributed by atoms with Crippen LogP contribution in [0.2, 0.25) is 4.47 Å². The number of sulfonamides is 1. The number of aromatic nitrogens is 1. The van der Waals surface area contributed by atoms with Crippen LogP contribution in [0, 0.1) is 20.8 Å². The van der Waals surface area contributed by atoms with Crippen molar-refractivity contribution in [3.05, 3.63) is 39.5 Å². The molecule has 4 nitrogen and oxygen atoms in total. The maximum Gasteiger partial charge on any atom is 0.273 e. The number of aryl methyl sites for hydroxylation is 3. The average molecular weight is 317 g/mol. The van der Waals surface area contributed by atoms with Gasteiger partial charge in [0.1, 0.15) is 0 Å². The first-order chi connectivity index (χ1) is 8.79. The predicted molar refractivity (Wildman–Crippen MR) is 78.6 cm³/mol. The Bertz CT molecular complexity index is 723. The van der Waals surface area contributed by atoms with Crippen molar-refractivity contribution in [2.75, 3.05) is 4.72 Å². The fraction of sp³-hybridized carbons (Fsp3) is 0.250. The van der Waals surface area contributed by atoms with Gasteiger partial charge in [-0.3, -0.25) is 4.72 Å². The number of rotatable bonds is 3. The molecule has 0 aliphatic heterocycles. The first kappa shape index (κ1) is 14.3.